The molecule has 0 fully saturated rings. The van der Waals surface area contributed by atoms with Crippen molar-refractivity contribution in [2.45, 2.75) is 26.2 Å². The molecule has 3 rings (SSSR count). The van der Waals surface area contributed by atoms with E-state index in [1.54, 1.807) is 36.4 Å². The van der Waals surface area contributed by atoms with E-state index in [0.29, 0.717) is 11.3 Å². The van der Waals surface area contributed by atoms with Crippen molar-refractivity contribution in [1.29, 1.82) is 0 Å². The number of nitrogens with one attached hydrogen (secondary N) is 1. The second kappa shape index (κ2) is 8.78. The van der Waals surface area contributed by atoms with Crippen LogP contribution in [0.3, 0.4) is 0 Å². The predicted octanol–water partition coefficient (Wildman–Crippen LogP) is 4.87. The Labute approximate surface area is 174 Å². The van der Waals surface area contributed by atoms with Crippen molar-refractivity contribution in [3.05, 3.63) is 89.4 Å². The molecule has 0 saturated carbocycles. The van der Waals surface area contributed by atoms with Crippen molar-refractivity contribution in [2.75, 3.05) is 11.9 Å². The van der Waals surface area contributed by atoms with E-state index in [1.807, 2.05) is 12.1 Å². The first-order chi connectivity index (χ1) is 14.2. The van der Waals surface area contributed by atoms with Crippen LogP contribution in [0.15, 0.2) is 71.3 Å². The highest BCUT2D eigenvalue weighted by Crippen LogP contribution is 2.22. The summed E-state index contributed by atoms with van der Waals surface area (Å²) in [7, 11) is 0. The van der Waals surface area contributed by atoms with Crippen LogP contribution in [-0.4, -0.2) is 24.3 Å². The van der Waals surface area contributed by atoms with Crippen LogP contribution in [0.1, 0.15) is 57.6 Å². The molecule has 6 nitrogen and oxygen atoms in total. The van der Waals surface area contributed by atoms with Gasteiger partial charge in [0.25, 0.3) is 5.91 Å². The van der Waals surface area contributed by atoms with Gasteiger partial charge in [-0.15, -0.1) is 0 Å². The maximum absolute atomic E-state index is 12.3. The largest absolute Gasteiger partial charge is 0.459 e. The summed E-state index contributed by atoms with van der Waals surface area (Å²) >= 11 is 0. The second-order valence-electron chi connectivity index (χ2n) is 7.84. The molecule has 0 unspecified atom stereocenters. The summed E-state index contributed by atoms with van der Waals surface area (Å²) in [4.78, 5) is 36.5. The van der Waals surface area contributed by atoms with Crippen molar-refractivity contribution in [2.24, 2.45) is 0 Å². The van der Waals surface area contributed by atoms with Crippen LogP contribution in [0.25, 0.3) is 0 Å². The van der Waals surface area contributed by atoms with E-state index in [0.717, 1.165) is 5.56 Å². The first-order valence-electron chi connectivity index (χ1n) is 9.50. The Balaban J connectivity index is 1.54. The van der Waals surface area contributed by atoms with E-state index in [4.69, 9.17) is 9.15 Å². The Bertz CT molecular complexity index is 1030. The van der Waals surface area contributed by atoms with Crippen molar-refractivity contribution in [1.82, 2.24) is 0 Å². The summed E-state index contributed by atoms with van der Waals surface area (Å²) in [6, 6.07) is 16.7. The molecule has 2 aromatic carbocycles. The topological polar surface area (TPSA) is 85.6 Å². The molecule has 0 saturated heterocycles. The Morgan fingerprint density at radius 3 is 2.10 bits per heavy atom. The first kappa shape index (κ1) is 21.0. The Kier molecular flexibility index (Phi) is 6.16. The van der Waals surface area contributed by atoms with Crippen LogP contribution < -0.4 is 5.32 Å². The molecule has 1 aromatic heterocycles. The molecule has 30 heavy (non-hydrogen) atoms. The molecule has 1 heterocycles. The van der Waals surface area contributed by atoms with Gasteiger partial charge in [0, 0.05) is 11.3 Å². The molecule has 0 radical (unpaired) electrons. The summed E-state index contributed by atoms with van der Waals surface area (Å²) in [5.74, 6) is -1.09. The quantitative estimate of drug-likeness (QED) is 0.467. The third-order valence-corrected chi connectivity index (χ3v) is 4.53. The number of furan rings is 1. The van der Waals surface area contributed by atoms with E-state index < -0.39 is 11.9 Å². The van der Waals surface area contributed by atoms with Crippen LogP contribution in [0, 0.1) is 0 Å². The maximum Gasteiger partial charge on any atom is 0.338 e. The zero-order chi connectivity index (χ0) is 21.7. The fourth-order valence-electron chi connectivity index (χ4n) is 2.74. The van der Waals surface area contributed by atoms with Crippen LogP contribution in [0.2, 0.25) is 0 Å². The molecule has 0 aliphatic carbocycles. The van der Waals surface area contributed by atoms with Crippen LogP contribution in [0.4, 0.5) is 5.69 Å². The van der Waals surface area contributed by atoms with Crippen LogP contribution in [0.5, 0.6) is 0 Å². The maximum atomic E-state index is 12.3. The van der Waals surface area contributed by atoms with Gasteiger partial charge in [0.15, 0.2) is 18.2 Å². The fourth-order valence-corrected chi connectivity index (χ4v) is 2.74. The molecule has 0 spiro atoms. The Morgan fingerprint density at radius 1 is 0.900 bits per heavy atom. The summed E-state index contributed by atoms with van der Waals surface area (Å²) in [6.07, 6.45) is 1.41. The lowest BCUT2D eigenvalue weighted by molar-refractivity contribution is 0.0475. The molecule has 154 valence electrons. The standard InChI is InChI=1S/C24H23NO5/c1-24(2,3)18-10-6-16(7-11-18)20(26)15-30-23(28)17-8-12-19(13-9-17)25-22(27)21-5-4-14-29-21/h4-14H,15H2,1-3H3,(H,25,27). The number of benzene rings is 2. The number of esters is 1. The number of ether oxygens (including phenoxy) is 1. The summed E-state index contributed by atoms with van der Waals surface area (Å²) in [6.45, 7) is 5.95. The summed E-state index contributed by atoms with van der Waals surface area (Å²) < 4.78 is 10.2. The van der Waals surface area contributed by atoms with E-state index in [2.05, 4.69) is 26.1 Å². The van der Waals surface area contributed by atoms with Crippen molar-refractivity contribution in [3.8, 4) is 0 Å². The highest BCUT2D eigenvalue weighted by atomic mass is 16.5. The molecule has 1 amide bonds. The van der Waals surface area contributed by atoms with E-state index in [9.17, 15) is 14.4 Å². The molecule has 0 bridgehead atoms. The number of Topliss-reactive ketones (excluding diaryl/α,β-unsaturated/α-hetero) is 1. The zero-order valence-electron chi connectivity index (χ0n) is 17.1. The molecule has 6 heteroatoms. The smallest absolute Gasteiger partial charge is 0.338 e. The highest BCUT2D eigenvalue weighted by Gasteiger charge is 2.16. The number of carbonyl (C=O) groups is 3. The molecular formula is C24H23NO5. The number of carbonyl (C=O) groups excluding carboxylic acids is 3. The van der Waals surface area contributed by atoms with Gasteiger partial charge in [0.05, 0.1) is 11.8 Å². The minimum atomic E-state index is -0.612. The molecule has 0 aliphatic heterocycles. The van der Waals surface area contributed by atoms with E-state index in [1.165, 1.54) is 18.4 Å². The third kappa shape index (κ3) is 5.23. The normalized spacial score (nSPS) is 11.0. The van der Waals surface area contributed by atoms with Gasteiger partial charge in [-0.25, -0.2) is 4.79 Å². The monoisotopic (exact) mass is 405 g/mol. The van der Waals surface area contributed by atoms with Crippen LogP contribution >= 0.6 is 0 Å². The lowest BCUT2D eigenvalue weighted by Crippen LogP contribution is -2.15. The average molecular weight is 405 g/mol. The number of hydrogen-bond donors (Lipinski definition) is 1. The van der Waals surface area contributed by atoms with Gasteiger partial charge < -0.3 is 14.5 Å². The van der Waals surface area contributed by atoms with Crippen molar-refractivity contribution in [3.63, 3.8) is 0 Å². The lowest BCUT2D eigenvalue weighted by Gasteiger charge is -2.18. The Morgan fingerprint density at radius 2 is 1.53 bits per heavy atom. The molecular weight excluding hydrogens is 382 g/mol. The van der Waals surface area contributed by atoms with Gasteiger partial charge in [-0.3, -0.25) is 9.59 Å². The second-order valence-corrected chi connectivity index (χ2v) is 7.84. The van der Waals surface area contributed by atoms with Gasteiger partial charge in [-0.05, 0) is 47.4 Å². The molecule has 3 aromatic rings. The minimum absolute atomic E-state index is 0.00235. The number of ketones is 1. The van der Waals surface area contributed by atoms with Gasteiger partial charge in [0.2, 0.25) is 0 Å². The molecule has 1 N–H and O–H groups in total. The van der Waals surface area contributed by atoms with Crippen LogP contribution in [-0.2, 0) is 10.2 Å². The van der Waals surface area contributed by atoms with E-state index >= 15 is 0 Å². The van der Waals surface area contributed by atoms with Crippen molar-refractivity contribution >= 4 is 23.3 Å². The highest BCUT2D eigenvalue weighted by molar-refractivity contribution is 6.02. The average Bonchev–Trinajstić information content (AvgIpc) is 3.27. The lowest BCUT2D eigenvalue weighted by atomic mass is 9.86. The van der Waals surface area contributed by atoms with Gasteiger partial charge in [0.1, 0.15) is 0 Å². The number of rotatable bonds is 6. The zero-order valence-corrected chi connectivity index (χ0v) is 17.1. The van der Waals surface area contributed by atoms with Gasteiger partial charge in [-0.2, -0.15) is 0 Å². The Hall–Kier alpha value is -3.67. The number of amides is 1. The summed E-state index contributed by atoms with van der Waals surface area (Å²) in [5, 5.41) is 2.66. The summed E-state index contributed by atoms with van der Waals surface area (Å²) in [5.41, 5.74) is 2.39. The number of anilines is 1. The van der Waals surface area contributed by atoms with Gasteiger partial charge >= 0.3 is 5.97 Å². The fraction of sp³-hybridized carbons (Fsp3) is 0.208. The predicted molar refractivity (Wildman–Crippen MR) is 113 cm³/mol. The van der Waals surface area contributed by atoms with Crippen molar-refractivity contribution < 1.29 is 23.5 Å². The first-order valence-corrected chi connectivity index (χ1v) is 9.50. The molecule has 0 aliphatic rings. The SMILES string of the molecule is CC(C)(C)c1ccc(C(=O)COC(=O)c2ccc(NC(=O)c3ccco3)cc2)cc1. The molecule has 0 atom stereocenters. The van der Waals surface area contributed by atoms with E-state index in [-0.39, 0.29) is 29.1 Å². The van der Waals surface area contributed by atoms with Gasteiger partial charge in [-0.1, -0.05) is 45.0 Å². The minimum Gasteiger partial charge on any atom is -0.459 e. The third-order valence-electron chi connectivity index (χ3n) is 4.53. The number of hydrogen-bond acceptors (Lipinski definition) is 5.